The van der Waals surface area contributed by atoms with Crippen LogP contribution in [-0.2, 0) is 9.53 Å². The number of benzene rings is 1. The molecule has 2 N–H and O–H groups in total. The van der Waals surface area contributed by atoms with Crippen LogP contribution >= 0.6 is 12.4 Å². The molecular weight excluding hydrogens is 375 g/mol. The van der Waals surface area contributed by atoms with Crippen molar-refractivity contribution in [1.82, 2.24) is 4.90 Å². The van der Waals surface area contributed by atoms with E-state index in [-0.39, 0.29) is 54.4 Å². The number of likely N-dealkylation sites (tertiary alicyclic amines) is 1. The Balaban J connectivity index is 0.00000364. The number of carbonyl (C=O) groups excluding carboxylic acids is 2. The molecule has 1 aliphatic rings. The fourth-order valence-electron chi connectivity index (χ4n) is 2.97. The third kappa shape index (κ3) is 7.08. The van der Waals surface area contributed by atoms with E-state index in [4.69, 9.17) is 15.2 Å². The molecule has 0 unspecified atom stereocenters. The predicted molar refractivity (Wildman–Crippen MR) is 103 cm³/mol. The SMILES string of the molecule is COc1ccc(C(=O)CCC(=O)N2CCC(OCCCN)CC2)cc1F.Cl. The number of Topliss-reactive ketones (excluding diaryl/α,β-unsaturated/α-hetero) is 1. The highest BCUT2D eigenvalue weighted by molar-refractivity contribution is 5.98. The van der Waals surface area contributed by atoms with Gasteiger partial charge in [-0.3, -0.25) is 9.59 Å². The molecular formula is C19H28ClFN2O4. The van der Waals surface area contributed by atoms with Crippen molar-refractivity contribution in [3.8, 4) is 5.75 Å². The van der Waals surface area contributed by atoms with Gasteiger partial charge in [-0.15, -0.1) is 12.4 Å². The van der Waals surface area contributed by atoms with Crippen LogP contribution in [0.4, 0.5) is 4.39 Å². The first-order valence-electron chi connectivity index (χ1n) is 9.01. The first kappa shape index (κ1) is 23.3. The van der Waals surface area contributed by atoms with Crippen LogP contribution in [0.1, 0.15) is 42.5 Å². The maximum Gasteiger partial charge on any atom is 0.223 e. The average Bonchev–Trinajstić information content (AvgIpc) is 2.66. The summed E-state index contributed by atoms with van der Waals surface area (Å²) in [5.41, 5.74) is 5.69. The van der Waals surface area contributed by atoms with Crippen LogP contribution in [0.15, 0.2) is 18.2 Å². The Labute approximate surface area is 165 Å². The number of ether oxygens (including phenoxy) is 2. The fraction of sp³-hybridized carbons (Fsp3) is 0.579. The van der Waals surface area contributed by atoms with Crippen LogP contribution in [0, 0.1) is 5.82 Å². The number of rotatable bonds is 9. The molecule has 2 rings (SSSR count). The molecule has 1 aromatic carbocycles. The van der Waals surface area contributed by atoms with Gasteiger partial charge in [0, 0.05) is 38.1 Å². The Bertz CT molecular complexity index is 622. The molecule has 0 aliphatic carbocycles. The minimum absolute atomic E-state index is 0. The zero-order chi connectivity index (χ0) is 18.9. The smallest absolute Gasteiger partial charge is 0.223 e. The first-order chi connectivity index (χ1) is 12.5. The quantitative estimate of drug-likeness (QED) is 0.507. The van der Waals surface area contributed by atoms with Crippen LogP contribution in [0.3, 0.4) is 0 Å². The van der Waals surface area contributed by atoms with Gasteiger partial charge in [-0.25, -0.2) is 4.39 Å². The van der Waals surface area contributed by atoms with E-state index in [0.29, 0.717) is 26.2 Å². The maximum absolute atomic E-state index is 13.7. The van der Waals surface area contributed by atoms with Crippen LogP contribution in [0.25, 0.3) is 0 Å². The Kier molecular flexibility index (Phi) is 10.3. The summed E-state index contributed by atoms with van der Waals surface area (Å²) in [6.45, 7) is 2.54. The summed E-state index contributed by atoms with van der Waals surface area (Å²) in [4.78, 5) is 26.2. The van der Waals surface area contributed by atoms with Crippen LogP contribution < -0.4 is 10.5 Å². The summed E-state index contributed by atoms with van der Waals surface area (Å²) >= 11 is 0. The predicted octanol–water partition coefficient (Wildman–Crippen LogP) is 2.58. The summed E-state index contributed by atoms with van der Waals surface area (Å²) in [7, 11) is 1.37. The van der Waals surface area contributed by atoms with Crippen molar-refractivity contribution in [3.05, 3.63) is 29.6 Å². The molecule has 1 aromatic rings. The highest BCUT2D eigenvalue weighted by Crippen LogP contribution is 2.20. The van der Waals surface area contributed by atoms with Gasteiger partial charge in [-0.05, 0) is 44.0 Å². The number of hydrogen-bond acceptors (Lipinski definition) is 5. The van der Waals surface area contributed by atoms with Crippen molar-refractivity contribution in [2.75, 3.05) is 33.4 Å². The number of nitrogens with two attached hydrogens (primary N) is 1. The van der Waals surface area contributed by atoms with E-state index < -0.39 is 5.82 Å². The van der Waals surface area contributed by atoms with Crippen molar-refractivity contribution >= 4 is 24.1 Å². The monoisotopic (exact) mass is 402 g/mol. The van der Waals surface area contributed by atoms with Gasteiger partial charge in [-0.2, -0.15) is 0 Å². The highest BCUT2D eigenvalue weighted by atomic mass is 35.5. The summed E-state index contributed by atoms with van der Waals surface area (Å²) in [5.74, 6) is -0.789. The number of amides is 1. The lowest BCUT2D eigenvalue weighted by molar-refractivity contribution is -0.133. The van der Waals surface area contributed by atoms with Crippen LogP contribution in [0.2, 0.25) is 0 Å². The molecule has 27 heavy (non-hydrogen) atoms. The topological polar surface area (TPSA) is 81.9 Å². The molecule has 0 spiro atoms. The summed E-state index contributed by atoms with van der Waals surface area (Å²) in [6, 6.07) is 4.08. The van der Waals surface area contributed by atoms with Gasteiger partial charge in [-0.1, -0.05) is 0 Å². The molecule has 1 fully saturated rings. The molecule has 0 aromatic heterocycles. The lowest BCUT2D eigenvalue weighted by atomic mass is 10.0. The number of hydrogen-bond donors (Lipinski definition) is 1. The second-order valence-corrected chi connectivity index (χ2v) is 6.37. The normalized spacial score (nSPS) is 14.6. The second kappa shape index (κ2) is 11.9. The Morgan fingerprint density at radius 1 is 1.26 bits per heavy atom. The van der Waals surface area contributed by atoms with E-state index in [2.05, 4.69) is 0 Å². The molecule has 152 valence electrons. The minimum Gasteiger partial charge on any atom is -0.494 e. The van der Waals surface area contributed by atoms with Crippen LogP contribution in [0.5, 0.6) is 5.75 Å². The average molecular weight is 403 g/mol. The van der Waals surface area contributed by atoms with Crippen molar-refractivity contribution in [2.45, 2.75) is 38.2 Å². The van der Waals surface area contributed by atoms with Crippen molar-refractivity contribution in [3.63, 3.8) is 0 Å². The van der Waals surface area contributed by atoms with E-state index in [1.54, 1.807) is 4.90 Å². The summed E-state index contributed by atoms with van der Waals surface area (Å²) < 4.78 is 24.2. The first-order valence-corrected chi connectivity index (χ1v) is 9.01. The molecule has 1 heterocycles. The number of halogens is 2. The van der Waals surface area contributed by atoms with Crippen molar-refractivity contribution in [2.24, 2.45) is 5.73 Å². The Morgan fingerprint density at radius 3 is 2.56 bits per heavy atom. The van der Waals surface area contributed by atoms with Gasteiger partial charge in [0.15, 0.2) is 17.3 Å². The maximum atomic E-state index is 13.7. The summed E-state index contributed by atoms with van der Waals surface area (Å²) in [5, 5.41) is 0. The molecule has 0 radical (unpaired) electrons. The van der Waals surface area contributed by atoms with E-state index in [0.717, 1.165) is 25.3 Å². The third-order valence-electron chi connectivity index (χ3n) is 4.54. The molecule has 1 saturated heterocycles. The van der Waals surface area contributed by atoms with Gasteiger partial charge in [0.25, 0.3) is 0 Å². The van der Waals surface area contributed by atoms with Gasteiger partial charge >= 0.3 is 0 Å². The third-order valence-corrected chi connectivity index (χ3v) is 4.54. The van der Waals surface area contributed by atoms with Gasteiger partial charge < -0.3 is 20.1 Å². The van der Waals surface area contributed by atoms with E-state index in [9.17, 15) is 14.0 Å². The Hall–Kier alpha value is -1.70. The number of ketones is 1. The van der Waals surface area contributed by atoms with Gasteiger partial charge in [0.2, 0.25) is 5.91 Å². The lowest BCUT2D eigenvalue weighted by Crippen LogP contribution is -2.41. The summed E-state index contributed by atoms with van der Waals surface area (Å²) in [6.07, 6.45) is 2.81. The fourth-order valence-corrected chi connectivity index (χ4v) is 2.97. The van der Waals surface area contributed by atoms with E-state index in [1.165, 1.54) is 19.2 Å². The Morgan fingerprint density at radius 2 is 1.96 bits per heavy atom. The molecule has 0 saturated carbocycles. The largest absolute Gasteiger partial charge is 0.494 e. The number of methoxy groups -OCH3 is 1. The molecule has 0 atom stereocenters. The van der Waals surface area contributed by atoms with Crippen molar-refractivity contribution < 1.29 is 23.5 Å². The van der Waals surface area contributed by atoms with E-state index in [1.807, 2.05) is 0 Å². The number of carbonyl (C=O) groups is 2. The molecule has 6 nitrogen and oxygen atoms in total. The minimum atomic E-state index is -0.582. The van der Waals surface area contributed by atoms with Crippen molar-refractivity contribution in [1.29, 1.82) is 0 Å². The zero-order valence-electron chi connectivity index (χ0n) is 15.6. The zero-order valence-corrected chi connectivity index (χ0v) is 16.4. The second-order valence-electron chi connectivity index (χ2n) is 6.37. The molecule has 1 amide bonds. The molecule has 8 heteroatoms. The number of nitrogens with zero attached hydrogens (tertiary/aromatic N) is 1. The number of piperidine rings is 1. The van der Waals surface area contributed by atoms with Crippen LogP contribution in [-0.4, -0.2) is 56.0 Å². The standard InChI is InChI=1S/C19H27FN2O4.ClH/c1-25-18-5-3-14(13-16(18)20)17(23)4-6-19(24)22-10-7-15(8-11-22)26-12-2-9-21;/h3,5,13,15H,2,4,6-12,21H2,1H3;1H. The van der Waals surface area contributed by atoms with E-state index >= 15 is 0 Å². The molecule has 1 aliphatic heterocycles. The highest BCUT2D eigenvalue weighted by Gasteiger charge is 2.23. The van der Waals surface area contributed by atoms with Gasteiger partial charge in [0.1, 0.15) is 0 Å². The van der Waals surface area contributed by atoms with Gasteiger partial charge in [0.05, 0.1) is 13.2 Å². The molecule has 0 bridgehead atoms. The lowest BCUT2D eigenvalue weighted by Gasteiger charge is -2.32.